The number of carbonyl (C=O) groups is 2. The number of nitrogens with zero attached hydrogens (tertiary/aromatic N) is 2. The fourth-order valence-electron chi connectivity index (χ4n) is 3.75. The molecule has 1 heterocycles. The van der Waals surface area contributed by atoms with E-state index in [-0.39, 0.29) is 0 Å². The summed E-state index contributed by atoms with van der Waals surface area (Å²) in [5, 5.41) is 15.3. The smallest absolute Gasteiger partial charge is 0.412 e. The van der Waals surface area contributed by atoms with Gasteiger partial charge in [-0.05, 0) is 30.0 Å². The number of hydrogen-bond donors (Lipinski definition) is 3. The third kappa shape index (κ3) is 7.46. The van der Waals surface area contributed by atoms with Crippen LogP contribution in [0.25, 0.3) is 11.4 Å². The summed E-state index contributed by atoms with van der Waals surface area (Å²) in [6.45, 7) is 2.22. The number of rotatable bonds is 10. The first-order valence-corrected chi connectivity index (χ1v) is 11.9. The Balaban J connectivity index is 1.30. The lowest BCUT2D eigenvalue weighted by molar-refractivity contribution is -0.139. The van der Waals surface area contributed by atoms with Gasteiger partial charge in [0.05, 0.1) is 18.1 Å². The van der Waals surface area contributed by atoms with Crippen LogP contribution in [0.15, 0.2) is 97.3 Å². The Morgan fingerprint density at radius 1 is 0.865 bits per heavy atom. The number of ether oxygens (including phenoxy) is 1. The highest BCUT2D eigenvalue weighted by atomic mass is 16.6. The average molecular weight is 497 g/mol. The fraction of sp³-hybridized carbons (Fsp3) is 0.172. The van der Waals surface area contributed by atoms with E-state index in [1.165, 1.54) is 12.4 Å². The second-order valence-corrected chi connectivity index (χ2v) is 8.54. The van der Waals surface area contributed by atoms with Crippen LogP contribution in [0.3, 0.4) is 0 Å². The van der Waals surface area contributed by atoms with Crippen molar-refractivity contribution in [3.63, 3.8) is 0 Å². The van der Waals surface area contributed by atoms with E-state index in [0.29, 0.717) is 24.5 Å². The van der Waals surface area contributed by atoms with E-state index in [4.69, 9.17) is 4.74 Å². The predicted molar refractivity (Wildman–Crippen MR) is 141 cm³/mol. The SMILES string of the molecule is CC(OC(=O)Nc1cnc(-c2ccc(CNC(Cc3ccccc3)C(=O)O)cc2)nc1)c1ccccc1. The molecule has 0 saturated carbocycles. The van der Waals surface area contributed by atoms with Gasteiger partial charge in [-0.2, -0.15) is 0 Å². The fourth-order valence-corrected chi connectivity index (χ4v) is 3.75. The number of benzene rings is 3. The number of amides is 1. The molecular weight excluding hydrogens is 468 g/mol. The number of carboxylic acids is 1. The van der Waals surface area contributed by atoms with Gasteiger partial charge in [0.1, 0.15) is 12.1 Å². The molecule has 3 N–H and O–H groups in total. The summed E-state index contributed by atoms with van der Waals surface area (Å²) in [6.07, 6.45) is 2.47. The monoisotopic (exact) mass is 496 g/mol. The molecule has 0 radical (unpaired) electrons. The molecule has 188 valence electrons. The van der Waals surface area contributed by atoms with Gasteiger partial charge >= 0.3 is 12.1 Å². The molecule has 2 atom stereocenters. The zero-order chi connectivity index (χ0) is 26.0. The van der Waals surface area contributed by atoms with Gasteiger partial charge in [0, 0.05) is 12.1 Å². The zero-order valence-corrected chi connectivity index (χ0v) is 20.4. The highest BCUT2D eigenvalue weighted by Crippen LogP contribution is 2.19. The second-order valence-electron chi connectivity index (χ2n) is 8.54. The molecule has 0 bridgehead atoms. The normalized spacial score (nSPS) is 12.4. The standard InChI is InChI=1S/C29H28N4O4/c1-20(23-10-6-3-7-11-23)37-29(36)33-25-18-31-27(32-19-25)24-14-12-22(13-15-24)17-30-26(28(34)35)16-21-8-4-2-5-9-21/h2-15,18-20,26,30H,16-17H2,1H3,(H,33,36)(H,34,35). The highest BCUT2D eigenvalue weighted by Gasteiger charge is 2.17. The number of nitrogens with one attached hydrogen (secondary N) is 2. The topological polar surface area (TPSA) is 113 Å². The highest BCUT2D eigenvalue weighted by molar-refractivity contribution is 5.84. The van der Waals surface area contributed by atoms with Crippen molar-refractivity contribution >= 4 is 17.7 Å². The quantitative estimate of drug-likeness (QED) is 0.275. The van der Waals surface area contributed by atoms with Crippen molar-refractivity contribution < 1.29 is 19.4 Å². The number of anilines is 1. The first-order chi connectivity index (χ1) is 18.0. The molecule has 0 fully saturated rings. The molecule has 4 aromatic rings. The van der Waals surface area contributed by atoms with Gasteiger partial charge in [0.2, 0.25) is 0 Å². The minimum absolute atomic E-state index is 0.390. The van der Waals surface area contributed by atoms with Crippen LogP contribution < -0.4 is 10.6 Å². The van der Waals surface area contributed by atoms with E-state index < -0.39 is 24.2 Å². The van der Waals surface area contributed by atoms with Gasteiger partial charge in [-0.25, -0.2) is 14.8 Å². The lowest BCUT2D eigenvalue weighted by Gasteiger charge is -2.15. The summed E-state index contributed by atoms with van der Waals surface area (Å²) in [5.74, 6) is -0.385. The van der Waals surface area contributed by atoms with Crippen LogP contribution in [0.2, 0.25) is 0 Å². The van der Waals surface area contributed by atoms with Crippen molar-refractivity contribution in [3.05, 3.63) is 114 Å². The number of aliphatic carboxylic acids is 1. The largest absolute Gasteiger partial charge is 0.480 e. The molecule has 0 aliphatic heterocycles. The number of carbonyl (C=O) groups excluding carboxylic acids is 1. The Morgan fingerprint density at radius 3 is 2.11 bits per heavy atom. The maximum atomic E-state index is 12.2. The minimum Gasteiger partial charge on any atom is -0.480 e. The Kier molecular flexibility index (Phi) is 8.57. The van der Waals surface area contributed by atoms with Crippen molar-refractivity contribution in [1.29, 1.82) is 0 Å². The Hall–Kier alpha value is -4.56. The second kappa shape index (κ2) is 12.4. The molecule has 1 aromatic heterocycles. The lowest BCUT2D eigenvalue weighted by Crippen LogP contribution is -2.38. The Labute approximate surface area is 215 Å². The van der Waals surface area contributed by atoms with Gasteiger partial charge in [0.15, 0.2) is 5.82 Å². The molecule has 3 aromatic carbocycles. The number of carboxylic acid groups (broad SMARTS) is 1. The predicted octanol–water partition coefficient (Wildman–Crippen LogP) is 5.24. The molecule has 0 spiro atoms. The molecular formula is C29H28N4O4. The summed E-state index contributed by atoms with van der Waals surface area (Å²) >= 11 is 0. The van der Waals surface area contributed by atoms with Crippen LogP contribution in [0.4, 0.5) is 10.5 Å². The zero-order valence-electron chi connectivity index (χ0n) is 20.4. The van der Waals surface area contributed by atoms with Gasteiger partial charge < -0.3 is 15.2 Å². The Morgan fingerprint density at radius 2 is 1.49 bits per heavy atom. The molecule has 2 unspecified atom stereocenters. The third-order valence-corrected chi connectivity index (χ3v) is 5.80. The van der Waals surface area contributed by atoms with E-state index in [9.17, 15) is 14.7 Å². The summed E-state index contributed by atoms with van der Waals surface area (Å²) in [7, 11) is 0. The summed E-state index contributed by atoms with van der Waals surface area (Å²) in [4.78, 5) is 32.6. The molecule has 0 saturated heterocycles. The molecule has 0 aliphatic carbocycles. The minimum atomic E-state index is -0.888. The van der Waals surface area contributed by atoms with Gasteiger partial charge in [-0.15, -0.1) is 0 Å². The summed E-state index contributed by atoms with van der Waals surface area (Å²) in [6, 6.07) is 25.9. The van der Waals surface area contributed by atoms with Gasteiger partial charge in [-0.3, -0.25) is 10.1 Å². The third-order valence-electron chi connectivity index (χ3n) is 5.80. The van der Waals surface area contributed by atoms with Crippen molar-refractivity contribution in [2.75, 3.05) is 5.32 Å². The van der Waals surface area contributed by atoms with Crippen LogP contribution in [-0.4, -0.2) is 33.2 Å². The molecule has 8 nitrogen and oxygen atoms in total. The van der Waals surface area contributed by atoms with E-state index in [1.807, 2.05) is 84.9 Å². The number of aromatic nitrogens is 2. The molecule has 0 aliphatic rings. The van der Waals surface area contributed by atoms with Crippen molar-refractivity contribution in [2.24, 2.45) is 0 Å². The van der Waals surface area contributed by atoms with Crippen LogP contribution in [0.5, 0.6) is 0 Å². The molecule has 8 heteroatoms. The van der Waals surface area contributed by atoms with E-state index >= 15 is 0 Å². The molecule has 1 amide bonds. The first kappa shape index (κ1) is 25.5. The first-order valence-electron chi connectivity index (χ1n) is 11.9. The summed E-state index contributed by atoms with van der Waals surface area (Å²) in [5.41, 5.74) is 4.03. The van der Waals surface area contributed by atoms with Crippen LogP contribution in [0.1, 0.15) is 29.7 Å². The number of hydrogen-bond acceptors (Lipinski definition) is 6. The van der Waals surface area contributed by atoms with Gasteiger partial charge in [0.25, 0.3) is 0 Å². The maximum Gasteiger partial charge on any atom is 0.412 e. The van der Waals surface area contributed by atoms with Crippen molar-refractivity contribution in [1.82, 2.24) is 15.3 Å². The Bertz CT molecular complexity index is 1300. The summed E-state index contributed by atoms with van der Waals surface area (Å²) < 4.78 is 5.41. The van der Waals surface area contributed by atoms with Crippen molar-refractivity contribution in [2.45, 2.75) is 32.0 Å². The average Bonchev–Trinajstić information content (AvgIpc) is 2.92. The van der Waals surface area contributed by atoms with Crippen molar-refractivity contribution in [3.8, 4) is 11.4 Å². The van der Waals surface area contributed by atoms with E-state index in [2.05, 4.69) is 20.6 Å². The molecule has 37 heavy (non-hydrogen) atoms. The van der Waals surface area contributed by atoms with E-state index in [1.54, 1.807) is 6.92 Å². The van der Waals surface area contributed by atoms with Crippen LogP contribution >= 0.6 is 0 Å². The van der Waals surface area contributed by atoms with Gasteiger partial charge in [-0.1, -0.05) is 84.9 Å². The lowest BCUT2D eigenvalue weighted by atomic mass is 10.1. The van der Waals surface area contributed by atoms with E-state index in [0.717, 1.165) is 22.3 Å². The molecule has 4 rings (SSSR count). The van der Waals surface area contributed by atoms with Crippen LogP contribution in [-0.2, 0) is 22.5 Å². The maximum absolute atomic E-state index is 12.2. The van der Waals surface area contributed by atoms with Crippen LogP contribution in [0, 0.1) is 0 Å².